The number of carbonyl (C=O) groups excluding carboxylic acids is 2. The van der Waals surface area contributed by atoms with Gasteiger partial charge < -0.3 is 26.6 Å². The van der Waals surface area contributed by atoms with Crippen molar-refractivity contribution in [3.05, 3.63) is 10.4 Å². The highest BCUT2D eigenvalue weighted by molar-refractivity contribution is 7.19. The lowest BCUT2D eigenvalue weighted by molar-refractivity contribution is 0.0967. The normalized spacial score (nSPS) is 10.7. The number of primary amides is 1. The number of likely N-dealkylation sites (N-methyl/N-ethyl adjacent to an activating group) is 2. The van der Waals surface area contributed by atoms with Gasteiger partial charge in [-0.05, 0) is 14.1 Å². The highest BCUT2D eigenvalue weighted by Gasteiger charge is 2.25. The second-order valence-electron chi connectivity index (χ2n) is 4.69. The van der Waals surface area contributed by atoms with Crippen molar-refractivity contribution in [2.75, 3.05) is 51.9 Å². The van der Waals surface area contributed by atoms with E-state index in [0.717, 1.165) is 6.54 Å². The zero-order valence-electron chi connectivity index (χ0n) is 12.2. The molecule has 0 aliphatic carbocycles. The SMILES string of the molecule is CNC(=O)c1sc(N(C)CCN(C)C)c(C(N)=O)c1N. The maximum absolute atomic E-state index is 11.8. The predicted molar refractivity (Wildman–Crippen MR) is 82.5 cm³/mol. The molecule has 8 heteroatoms. The minimum Gasteiger partial charge on any atom is -0.397 e. The number of hydrogen-bond acceptors (Lipinski definition) is 6. The van der Waals surface area contributed by atoms with Crippen LogP contribution in [0.5, 0.6) is 0 Å². The van der Waals surface area contributed by atoms with Gasteiger partial charge in [-0.1, -0.05) is 0 Å². The molecule has 0 aliphatic heterocycles. The Balaban J connectivity index is 3.17. The average molecular weight is 299 g/mol. The van der Waals surface area contributed by atoms with Crippen molar-refractivity contribution in [2.45, 2.75) is 0 Å². The summed E-state index contributed by atoms with van der Waals surface area (Å²) in [5, 5.41) is 3.12. The zero-order chi connectivity index (χ0) is 15.4. The van der Waals surface area contributed by atoms with Crippen LogP contribution in [-0.4, -0.2) is 58.0 Å². The molecule has 7 nitrogen and oxygen atoms in total. The van der Waals surface area contributed by atoms with Crippen LogP contribution in [-0.2, 0) is 0 Å². The lowest BCUT2D eigenvalue weighted by Gasteiger charge is -2.20. The summed E-state index contributed by atoms with van der Waals surface area (Å²) in [6.07, 6.45) is 0. The number of nitrogens with one attached hydrogen (secondary N) is 1. The van der Waals surface area contributed by atoms with E-state index in [-0.39, 0.29) is 17.2 Å². The van der Waals surface area contributed by atoms with Crippen LogP contribution < -0.4 is 21.7 Å². The molecule has 1 heterocycles. The first-order chi connectivity index (χ1) is 9.29. The third-order valence-electron chi connectivity index (χ3n) is 2.84. The van der Waals surface area contributed by atoms with Crippen molar-refractivity contribution in [3.63, 3.8) is 0 Å². The summed E-state index contributed by atoms with van der Waals surface area (Å²) in [5.74, 6) is -0.942. The summed E-state index contributed by atoms with van der Waals surface area (Å²) in [4.78, 5) is 27.6. The van der Waals surface area contributed by atoms with Crippen LogP contribution >= 0.6 is 11.3 Å². The molecule has 0 spiro atoms. The summed E-state index contributed by atoms with van der Waals surface area (Å²) in [6.45, 7) is 1.50. The molecule has 1 rings (SSSR count). The van der Waals surface area contributed by atoms with E-state index in [1.165, 1.54) is 18.4 Å². The van der Waals surface area contributed by atoms with E-state index < -0.39 is 5.91 Å². The maximum Gasteiger partial charge on any atom is 0.263 e. The molecule has 0 aliphatic rings. The van der Waals surface area contributed by atoms with E-state index in [9.17, 15) is 9.59 Å². The minimum atomic E-state index is -0.624. The third kappa shape index (κ3) is 3.40. The van der Waals surface area contributed by atoms with Crippen LogP contribution in [0.3, 0.4) is 0 Å². The zero-order valence-corrected chi connectivity index (χ0v) is 13.0. The van der Waals surface area contributed by atoms with Gasteiger partial charge in [-0.2, -0.15) is 0 Å². The molecule has 0 unspecified atom stereocenters. The Hall–Kier alpha value is -1.80. The molecule has 0 fully saturated rings. The first-order valence-electron chi connectivity index (χ1n) is 6.09. The van der Waals surface area contributed by atoms with Gasteiger partial charge in [0.25, 0.3) is 11.8 Å². The molecule has 0 bridgehead atoms. The Morgan fingerprint density at radius 1 is 1.25 bits per heavy atom. The highest BCUT2D eigenvalue weighted by atomic mass is 32.1. The first-order valence-corrected chi connectivity index (χ1v) is 6.91. The summed E-state index contributed by atoms with van der Waals surface area (Å²) < 4.78 is 0. The van der Waals surface area contributed by atoms with E-state index >= 15 is 0 Å². The van der Waals surface area contributed by atoms with Crippen LogP contribution in [0.4, 0.5) is 10.7 Å². The standard InChI is InChI=1S/C12H21N5O2S/c1-15-11(19)9-8(13)7(10(14)18)12(20-9)17(4)6-5-16(2)3/h5-6,13H2,1-4H3,(H2,14,18)(H,15,19). The number of nitrogen functional groups attached to an aromatic ring is 1. The van der Waals surface area contributed by atoms with Gasteiger partial charge in [0.15, 0.2) is 0 Å². The fourth-order valence-electron chi connectivity index (χ4n) is 1.67. The predicted octanol–water partition coefficient (Wildman–Crippen LogP) is -0.213. The average Bonchev–Trinajstić information content (AvgIpc) is 2.72. The van der Waals surface area contributed by atoms with E-state index in [1.54, 1.807) is 0 Å². The van der Waals surface area contributed by atoms with E-state index in [4.69, 9.17) is 11.5 Å². The van der Waals surface area contributed by atoms with Gasteiger partial charge in [-0.3, -0.25) is 9.59 Å². The molecule has 5 N–H and O–H groups in total. The summed E-state index contributed by atoms with van der Waals surface area (Å²) in [7, 11) is 7.28. The van der Waals surface area contributed by atoms with Gasteiger partial charge in [0.1, 0.15) is 9.88 Å². The van der Waals surface area contributed by atoms with Crippen LogP contribution in [0, 0.1) is 0 Å². The van der Waals surface area contributed by atoms with Crippen molar-refractivity contribution in [3.8, 4) is 0 Å². The quantitative estimate of drug-likeness (QED) is 0.674. The Bertz CT molecular complexity index is 512. The van der Waals surface area contributed by atoms with E-state index in [2.05, 4.69) is 5.32 Å². The van der Waals surface area contributed by atoms with Crippen LogP contribution in [0.25, 0.3) is 0 Å². The number of nitrogens with zero attached hydrogens (tertiary/aromatic N) is 2. The van der Waals surface area contributed by atoms with Crippen molar-refractivity contribution < 1.29 is 9.59 Å². The van der Waals surface area contributed by atoms with Gasteiger partial charge in [0, 0.05) is 27.2 Å². The second-order valence-corrected chi connectivity index (χ2v) is 5.69. The topological polar surface area (TPSA) is 105 Å². The van der Waals surface area contributed by atoms with Gasteiger partial charge >= 0.3 is 0 Å². The van der Waals surface area contributed by atoms with E-state index in [0.29, 0.717) is 16.4 Å². The first kappa shape index (κ1) is 16.3. The fraction of sp³-hybridized carbons (Fsp3) is 0.500. The Labute approximate surface area is 122 Å². The van der Waals surface area contributed by atoms with Gasteiger partial charge in [0.2, 0.25) is 0 Å². The van der Waals surface area contributed by atoms with Gasteiger partial charge in [-0.15, -0.1) is 11.3 Å². The molecule has 0 atom stereocenters. The molecule has 20 heavy (non-hydrogen) atoms. The molecule has 2 amide bonds. The Kier molecular flexibility index (Phi) is 5.34. The number of amides is 2. The molecular weight excluding hydrogens is 278 g/mol. The summed E-state index contributed by atoms with van der Waals surface area (Å²) in [6, 6.07) is 0. The molecule has 1 aromatic heterocycles. The van der Waals surface area contributed by atoms with Crippen molar-refractivity contribution in [1.82, 2.24) is 10.2 Å². The molecule has 0 saturated carbocycles. The smallest absolute Gasteiger partial charge is 0.263 e. The fourth-order valence-corrected chi connectivity index (χ4v) is 2.83. The summed E-state index contributed by atoms with van der Waals surface area (Å²) >= 11 is 1.18. The van der Waals surface area contributed by atoms with Crippen LogP contribution in [0.1, 0.15) is 20.0 Å². The lowest BCUT2D eigenvalue weighted by Crippen LogP contribution is -2.29. The molecular formula is C12H21N5O2S. The van der Waals surface area contributed by atoms with Crippen LogP contribution in [0.15, 0.2) is 0 Å². The Morgan fingerprint density at radius 3 is 2.30 bits per heavy atom. The third-order valence-corrected chi connectivity index (χ3v) is 4.15. The number of hydrogen-bond donors (Lipinski definition) is 3. The molecule has 1 aromatic rings. The van der Waals surface area contributed by atoms with Gasteiger partial charge in [0.05, 0.1) is 11.3 Å². The number of carbonyl (C=O) groups is 2. The monoisotopic (exact) mass is 299 g/mol. The van der Waals surface area contributed by atoms with E-state index in [1.807, 2.05) is 30.9 Å². The molecule has 0 aromatic carbocycles. The second kappa shape index (κ2) is 6.58. The number of thiophene rings is 1. The summed E-state index contributed by atoms with van der Waals surface area (Å²) in [5.41, 5.74) is 11.6. The van der Waals surface area contributed by atoms with Gasteiger partial charge in [-0.25, -0.2) is 0 Å². The number of rotatable bonds is 6. The van der Waals surface area contributed by atoms with Crippen LogP contribution in [0.2, 0.25) is 0 Å². The highest BCUT2D eigenvalue weighted by Crippen LogP contribution is 2.37. The largest absolute Gasteiger partial charge is 0.397 e. The van der Waals surface area contributed by atoms with Crippen molar-refractivity contribution in [2.24, 2.45) is 5.73 Å². The minimum absolute atomic E-state index is 0.147. The molecule has 0 saturated heterocycles. The number of nitrogens with two attached hydrogens (primary N) is 2. The Morgan fingerprint density at radius 2 is 1.85 bits per heavy atom. The van der Waals surface area contributed by atoms with Crippen molar-refractivity contribution in [1.29, 1.82) is 0 Å². The molecule has 0 radical (unpaired) electrons. The van der Waals surface area contributed by atoms with Crippen molar-refractivity contribution >= 4 is 33.8 Å². The molecule has 112 valence electrons. The lowest BCUT2D eigenvalue weighted by atomic mass is 10.2. The maximum atomic E-state index is 11.8. The number of anilines is 2.